The summed E-state index contributed by atoms with van der Waals surface area (Å²) in [4.78, 5) is 12.8. The lowest BCUT2D eigenvalue weighted by Crippen LogP contribution is -2.47. The van der Waals surface area contributed by atoms with Crippen LogP contribution in [-0.2, 0) is 11.8 Å². The Kier molecular flexibility index (Phi) is 2.50. The monoisotopic (exact) mass is 305 g/mol. The molecule has 0 unspecified atom stereocenters. The van der Waals surface area contributed by atoms with E-state index in [0.29, 0.717) is 5.92 Å². The Bertz CT molecular complexity index is 349. The van der Waals surface area contributed by atoms with E-state index in [1.54, 1.807) is 6.92 Å². The molecule has 0 aromatic carbocycles. The first-order chi connectivity index (χ1) is 6.58. The number of hydrogen-bond acceptors (Lipinski definition) is 2. The Morgan fingerprint density at radius 2 is 2.29 bits per heavy atom. The van der Waals surface area contributed by atoms with Crippen LogP contribution in [0.1, 0.15) is 18.5 Å². The lowest BCUT2D eigenvalue weighted by molar-refractivity contribution is -0.133. The third-order valence-electron chi connectivity index (χ3n) is 2.59. The summed E-state index contributed by atoms with van der Waals surface area (Å²) in [5.41, 5.74) is 1.11. The third-order valence-corrected chi connectivity index (χ3v) is 3.60. The summed E-state index contributed by atoms with van der Waals surface area (Å²) in [6.07, 6.45) is 0. The van der Waals surface area contributed by atoms with E-state index >= 15 is 0 Å². The second-order valence-corrected chi connectivity index (χ2v) is 4.74. The van der Waals surface area contributed by atoms with Crippen molar-refractivity contribution >= 4 is 28.5 Å². The van der Waals surface area contributed by atoms with Crippen molar-refractivity contribution in [1.29, 1.82) is 0 Å². The Morgan fingerprint density at radius 3 is 2.71 bits per heavy atom. The quantitative estimate of drug-likeness (QED) is 0.725. The summed E-state index contributed by atoms with van der Waals surface area (Å²) < 4.78 is 3.01. The lowest BCUT2D eigenvalue weighted by atomic mass is 9.97. The van der Waals surface area contributed by atoms with E-state index in [0.717, 1.165) is 22.5 Å². The van der Waals surface area contributed by atoms with Gasteiger partial charge in [0.2, 0.25) is 5.91 Å². The van der Waals surface area contributed by atoms with Gasteiger partial charge in [0.15, 0.2) is 0 Å². The molecule has 0 spiro atoms. The molecule has 4 nitrogen and oxygen atoms in total. The highest BCUT2D eigenvalue weighted by atomic mass is 127. The number of aryl methyl sites for hydroxylation is 1. The summed E-state index contributed by atoms with van der Waals surface area (Å²) in [7, 11) is 1.94. The standard InChI is InChI=1S/C9H12IN3O/c1-6(14)13-4-7(5-13)8-3-9(10)12(2)11-8/h3,7H,4-5H2,1-2H3. The minimum absolute atomic E-state index is 0.159. The number of nitrogens with zero attached hydrogens (tertiary/aromatic N) is 3. The molecule has 0 bridgehead atoms. The second-order valence-electron chi connectivity index (χ2n) is 3.64. The molecule has 1 saturated heterocycles. The van der Waals surface area contributed by atoms with Crippen molar-refractivity contribution in [3.05, 3.63) is 15.5 Å². The van der Waals surface area contributed by atoms with Crippen LogP contribution < -0.4 is 0 Å². The molecule has 0 N–H and O–H groups in total. The van der Waals surface area contributed by atoms with Crippen LogP contribution >= 0.6 is 22.6 Å². The number of carbonyl (C=O) groups excluding carboxylic acids is 1. The molecule has 76 valence electrons. The zero-order chi connectivity index (χ0) is 10.3. The molecule has 2 rings (SSSR count). The molecule has 1 fully saturated rings. The largest absolute Gasteiger partial charge is 0.341 e. The SMILES string of the molecule is CC(=O)N1CC(c2cc(I)n(C)n2)C1. The molecule has 0 aliphatic carbocycles. The Morgan fingerprint density at radius 1 is 1.64 bits per heavy atom. The molecule has 1 aliphatic rings. The van der Waals surface area contributed by atoms with Crippen LogP contribution in [-0.4, -0.2) is 33.7 Å². The summed E-state index contributed by atoms with van der Waals surface area (Å²) in [6, 6.07) is 2.09. The molecule has 0 saturated carbocycles. The van der Waals surface area contributed by atoms with Crippen LogP contribution in [0, 0.1) is 3.70 Å². The molecule has 14 heavy (non-hydrogen) atoms. The van der Waals surface area contributed by atoms with E-state index in [4.69, 9.17) is 0 Å². The number of halogens is 1. The Labute approximate surface area is 96.4 Å². The highest BCUT2D eigenvalue weighted by Crippen LogP contribution is 2.26. The molecule has 1 aromatic rings. The van der Waals surface area contributed by atoms with Gasteiger partial charge in [0.05, 0.1) is 9.39 Å². The maximum absolute atomic E-state index is 11.0. The highest BCUT2D eigenvalue weighted by Gasteiger charge is 2.31. The van der Waals surface area contributed by atoms with Gasteiger partial charge in [-0.2, -0.15) is 5.10 Å². The van der Waals surface area contributed by atoms with Crippen LogP contribution in [0.3, 0.4) is 0 Å². The van der Waals surface area contributed by atoms with Gasteiger partial charge in [-0.15, -0.1) is 0 Å². The molecular weight excluding hydrogens is 293 g/mol. The third kappa shape index (κ3) is 1.65. The van der Waals surface area contributed by atoms with Crippen LogP contribution in [0.15, 0.2) is 6.07 Å². The molecule has 0 radical (unpaired) electrons. The van der Waals surface area contributed by atoms with Crippen molar-refractivity contribution in [1.82, 2.24) is 14.7 Å². The summed E-state index contributed by atoms with van der Waals surface area (Å²) >= 11 is 2.26. The van der Waals surface area contributed by atoms with Gasteiger partial charge in [0.1, 0.15) is 0 Å². The van der Waals surface area contributed by atoms with Gasteiger partial charge in [-0.1, -0.05) is 0 Å². The first-order valence-corrected chi connectivity index (χ1v) is 5.60. The molecule has 1 amide bonds. The highest BCUT2D eigenvalue weighted by molar-refractivity contribution is 14.1. The van der Waals surface area contributed by atoms with Gasteiger partial charge in [-0.25, -0.2) is 0 Å². The fraction of sp³-hybridized carbons (Fsp3) is 0.556. The van der Waals surface area contributed by atoms with Crippen molar-refractivity contribution in [3.63, 3.8) is 0 Å². The predicted molar refractivity (Wildman–Crippen MR) is 60.9 cm³/mol. The number of hydrogen-bond donors (Lipinski definition) is 0. The number of carbonyl (C=O) groups is 1. The van der Waals surface area contributed by atoms with Gasteiger partial charge < -0.3 is 4.90 Å². The van der Waals surface area contributed by atoms with Gasteiger partial charge in [0.25, 0.3) is 0 Å². The van der Waals surface area contributed by atoms with Gasteiger partial charge in [0, 0.05) is 33.0 Å². The second kappa shape index (κ2) is 3.52. The van der Waals surface area contributed by atoms with Crippen LogP contribution in [0.25, 0.3) is 0 Å². The fourth-order valence-electron chi connectivity index (χ4n) is 1.59. The Balaban J connectivity index is 2.03. The van der Waals surface area contributed by atoms with Crippen molar-refractivity contribution in [2.45, 2.75) is 12.8 Å². The number of amides is 1. The summed E-state index contributed by atoms with van der Waals surface area (Å²) in [5.74, 6) is 0.598. The van der Waals surface area contributed by atoms with Crippen molar-refractivity contribution in [3.8, 4) is 0 Å². The minimum atomic E-state index is 0.159. The predicted octanol–water partition coefficient (Wildman–Crippen LogP) is 0.970. The van der Waals surface area contributed by atoms with Gasteiger partial charge in [-0.3, -0.25) is 9.48 Å². The van der Waals surface area contributed by atoms with Crippen LogP contribution in [0.4, 0.5) is 0 Å². The maximum Gasteiger partial charge on any atom is 0.219 e. The first kappa shape index (κ1) is 9.95. The fourth-order valence-corrected chi connectivity index (χ4v) is 2.01. The Hall–Kier alpha value is -0.590. The van der Waals surface area contributed by atoms with Gasteiger partial charge >= 0.3 is 0 Å². The molecule has 2 heterocycles. The van der Waals surface area contributed by atoms with E-state index in [2.05, 4.69) is 33.8 Å². The molecule has 1 aliphatic heterocycles. The van der Waals surface area contributed by atoms with E-state index in [9.17, 15) is 4.79 Å². The smallest absolute Gasteiger partial charge is 0.219 e. The van der Waals surface area contributed by atoms with E-state index in [1.165, 1.54) is 0 Å². The number of likely N-dealkylation sites (tertiary alicyclic amines) is 1. The zero-order valence-corrected chi connectivity index (χ0v) is 10.4. The van der Waals surface area contributed by atoms with Crippen molar-refractivity contribution in [2.75, 3.05) is 13.1 Å². The zero-order valence-electron chi connectivity index (χ0n) is 8.20. The summed E-state index contributed by atoms with van der Waals surface area (Å²) in [6.45, 7) is 3.25. The van der Waals surface area contributed by atoms with Crippen molar-refractivity contribution in [2.24, 2.45) is 7.05 Å². The maximum atomic E-state index is 11.0. The van der Waals surface area contributed by atoms with Crippen LogP contribution in [0.2, 0.25) is 0 Å². The van der Waals surface area contributed by atoms with Crippen LogP contribution in [0.5, 0.6) is 0 Å². The molecule has 0 atom stereocenters. The van der Waals surface area contributed by atoms with Gasteiger partial charge in [-0.05, 0) is 28.7 Å². The molecule has 5 heteroatoms. The van der Waals surface area contributed by atoms with E-state index in [-0.39, 0.29) is 5.91 Å². The summed E-state index contributed by atoms with van der Waals surface area (Å²) in [5, 5.41) is 4.40. The average Bonchev–Trinajstić information content (AvgIpc) is 2.27. The van der Waals surface area contributed by atoms with Crippen molar-refractivity contribution < 1.29 is 4.79 Å². The van der Waals surface area contributed by atoms with E-state index < -0.39 is 0 Å². The molecule has 1 aromatic heterocycles. The lowest BCUT2D eigenvalue weighted by Gasteiger charge is -2.37. The minimum Gasteiger partial charge on any atom is -0.341 e. The van der Waals surface area contributed by atoms with E-state index in [1.807, 2.05) is 16.6 Å². The normalized spacial score (nSPS) is 16.9. The molecular formula is C9H12IN3O. The average molecular weight is 305 g/mol. The number of rotatable bonds is 1. The topological polar surface area (TPSA) is 38.1 Å². The first-order valence-electron chi connectivity index (χ1n) is 4.53. The number of aromatic nitrogens is 2.